The van der Waals surface area contributed by atoms with Crippen LogP contribution in [0.25, 0.3) is 0 Å². The SMILES string of the molecule is CCc1cccc(C)c1NC(=O)C(=O)NCc1ccccc1Cl. The average molecular weight is 331 g/mol. The highest BCUT2D eigenvalue weighted by molar-refractivity contribution is 6.39. The first kappa shape index (κ1) is 17.0. The third-order valence-corrected chi connectivity index (χ3v) is 3.95. The van der Waals surface area contributed by atoms with E-state index in [4.69, 9.17) is 11.6 Å². The average Bonchev–Trinajstić information content (AvgIpc) is 2.55. The molecule has 0 unspecified atom stereocenters. The summed E-state index contributed by atoms with van der Waals surface area (Å²) in [5.41, 5.74) is 3.39. The van der Waals surface area contributed by atoms with E-state index >= 15 is 0 Å². The van der Waals surface area contributed by atoms with E-state index < -0.39 is 11.8 Å². The first-order valence-electron chi connectivity index (χ1n) is 7.44. The second-order valence-corrected chi connectivity index (χ2v) is 5.60. The molecule has 0 heterocycles. The topological polar surface area (TPSA) is 58.2 Å². The molecular formula is C18H19ClN2O2. The van der Waals surface area contributed by atoms with E-state index in [9.17, 15) is 9.59 Å². The third kappa shape index (κ3) is 4.33. The number of anilines is 1. The monoisotopic (exact) mass is 330 g/mol. The van der Waals surface area contributed by atoms with Crippen molar-refractivity contribution < 1.29 is 9.59 Å². The van der Waals surface area contributed by atoms with Gasteiger partial charge in [-0.1, -0.05) is 54.9 Å². The fourth-order valence-electron chi connectivity index (χ4n) is 2.27. The summed E-state index contributed by atoms with van der Waals surface area (Å²) in [6.45, 7) is 4.11. The van der Waals surface area contributed by atoms with Gasteiger partial charge in [-0.2, -0.15) is 0 Å². The van der Waals surface area contributed by atoms with Gasteiger partial charge in [0.15, 0.2) is 0 Å². The summed E-state index contributed by atoms with van der Waals surface area (Å²) >= 11 is 6.03. The molecule has 2 amide bonds. The number of hydrogen-bond acceptors (Lipinski definition) is 2. The van der Waals surface area contributed by atoms with Crippen molar-refractivity contribution >= 4 is 29.1 Å². The lowest BCUT2D eigenvalue weighted by molar-refractivity contribution is -0.136. The molecule has 0 atom stereocenters. The quantitative estimate of drug-likeness (QED) is 0.843. The van der Waals surface area contributed by atoms with Gasteiger partial charge in [0.2, 0.25) is 0 Å². The van der Waals surface area contributed by atoms with Crippen LogP contribution in [0.2, 0.25) is 5.02 Å². The van der Waals surface area contributed by atoms with Crippen LogP contribution in [-0.2, 0) is 22.6 Å². The number of aryl methyl sites for hydroxylation is 2. The fraction of sp³-hybridized carbons (Fsp3) is 0.222. The zero-order valence-corrected chi connectivity index (χ0v) is 13.9. The van der Waals surface area contributed by atoms with Crippen LogP contribution < -0.4 is 10.6 Å². The summed E-state index contributed by atoms with van der Waals surface area (Å²) in [4.78, 5) is 24.1. The maximum absolute atomic E-state index is 12.1. The van der Waals surface area contributed by atoms with Gasteiger partial charge < -0.3 is 10.6 Å². The molecule has 2 rings (SSSR count). The first-order chi connectivity index (χ1) is 11.0. The van der Waals surface area contributed by atoms with E-state index in [0.717, 1.165) is 23.1 Å². The Morgan fingerprint density at radius 3 is 2.39 bits per heavy atom. The fourth-order valence-corrected chi connectivity index (χ4v) is 2.47. The van der Waals surface area contributed by atoms with Gasteiger partial charge in [-0.3, -0.25) is 9.59 Å². The number of hydrogen-bond donors (Lipinski definition) is 2. The molecular weight excluding hydrogens is 312 g/mol. The molecule has 5 heteroatoms. The Morgan fingerprint density at radius 2 is 1.70 bits per heavy atom. The zero-order chi connectivity index (χ0) is 16.8. The molecule has 0 spiro atoms. The van der Waals surface area contributed by atoms with Crippen LogP contribution in [0.15, 0.2) is 42.5 Å². The van der Waals surface area contributed by atoms with Gasteiger partial charge in [0.25, 0.3) is 0 Å². The lowest BCUT2D eigenvalue weighted by Gasteiger charge is -2.13. The van der Waals surface area contributed by atoms with E-state index in [0.29, 0.717) is 10.7 Å². The van der Waals surface area contributed by atoms with Crippen LogP contribution >= 0.6 is 11.6 Å². The van der Waals surface area contributed by atoms with Crippen molar-refractivity contribution in [2.75, 3.05) is 5.32 Å². The van der Waals surface area contributed by atoms with Crippen molar-refractivity contribution in [3.8, 4) is 0 Å². The van der Waals surface area contributed by atoms with Crippen LogP contribution in [0, 0.1) is 6.92 Å². The number of para-hydroxylation sites is 1. The summed E-state index contributed by atoms with van der Waals surface area (Å²) in [6.07, 6.45) is 0.776. The zero-order valence-electron chi connectivity index (χ0n) is 13.2. The summed E-state index contributed by atoms with van der Waals surface area (Å²) < 4.78 is 0. The predicted octanol–water partition coefficient (Wildman–Crippen LogP) is 3.47. The van der Waals surface area contributed by atoms with Gasteiger partial charge in [-0.05, 0) is 36.1 Å². The van der Waals surface area contributed by atoms with Gasteiger partial charge in [-0.25, -0.2) is 0 Å². The Hall–Kier alpha value is -2.33. The molecule has 0 saturated carbocycles. The van der Waals surface area contributed by atoms with Crippen molar-refractivity contribution in [3.63, 3.8) is 0 Å². The minimum atomic E-state index is -0.685. The summed E-state index contributed by atoms with van der Waals surface area (Å²) in [7, 11) is 0. The van der Waals surface area contributed by atoms with Crippen molar-refractivity contribution in [2.45, 2.75) is 26.8 Å². The molecule has 0 aliphatic heterocycles. The minimum absolute atomic E-state index is 0.209. The third-order valence-electron chi connectivity index (χ3n) is 3.58. The Bertz CT molecular complexity index is 729. The van der Waals surface area contributed by atoms with E-state index in [1.165, 1.54) is 0 Å². The van der Waals surface area contributed by atoms with Crippen molar-refractivity contribution in [3.05, 3.63) is 64.2 Å². The summed E-state index contributed by atoms with van der Waals surface area (Å²) in [5.74, 6) is -1.36. The number of halogens is 1. The van der Waals surface area contributed by atoms with E-state index in [-0.39, 0.29) is 6.54 Å². The molecule has 2 aromatic carbocycles. The van der Waals surface area contributed by atoms with Crippen LogP contribution in [0.4, 0.5) is 5.69 Å². The molecule has 0 fully saturated rings. The van der Waals surface area contributed by atoms with Crippen LogP contribution in [0.5, 0.6) is 0 Å². The van der Waals surface area contributed by atoms with Crippen LogP contribution in [-0.4, -0.2) is 11.8 Å². The molecule has 120 valence electrons. The molecule has 0 aromatic heterocycles. The molecule has 0 aliphatic carbocycles. The normalized spacial score (nSPS) is 10.2. The second-order valence-electron chi connectivity index (χ2n) is 5.19. The Kier molecular flexibility index (Phi) is 5.77. The molecule has 0 radical (unpaired) electrons. The number of carbonyl (C=O) groups excluding carboxylic acids is 2. The molecule has 0 saturated heterocycles. The van der Waals surface area contributed by atoms with E-state index in [1.807, 2.05) is 44.2 Å². The number of carbonyl (C=O) groups is 2. The van der Waals surface area contributed by atoms with Crippen molar-refractivity contribution in [2.24, 2.45) is 0 Å². The Balaban J connectivity index is 2.01. The Morgan fingerprint density at radius 1 is 1.00 bits per heavy atom. The molecule has 0 bridgehead atoms. The molecule has 4 nitrogen and oxygen atoms in total. The summed E-state index contributed by atoms with van der Waals surface area (Å²) in [5, 5.41) is 5.83. The number of nitrogens with one attached hydrogen (secondary N) is 2. The standard InChI is InChI=1S/C18H19ClN2O2/c1-3-13-9-6-7-12(2)16(13)21-18(23)17(22)20-11-14-8-4-5-10-15(14)19/h4-10H,3,11H2,1-2H3,(H,20,22)(H,21,23). The smallest absolute Gasteiger partial charge is 0.313 e. The van der Waals surface area contributed by atoms with E-state index in [1.54, 1.807) is 12.1 Å². The number of benzene rings is 2. The van der Waals surface area contributed by atoms with Crippen molar-refractivity contribution in [1.29, 1.82) is 0 Å². The highest BCUT2D eigenvalue weighted by Crippen LogP contribution is 2.21. The minimum Gasteiger partial charge on any atom is -0.344 e. The van der Waals surface area contributed by atoms with Crippen molar-refractivity contribution in [1.82, 2.24) is 5.32 Å². The largest absolute Gasteiger partial charge is 0.344 e. The maximum atomic E-state index is 12.1. The van der Waals surface area contributed by atoms with Crippen LogP contribution in [0.1, 0.15) is 23.6 Å². The molecule has 23 heavy (non-hydrogen) atoms. The number of amides is 2. The van der Waals surface area contributed by atoms with Crippen LogP contribution in [0.3, 0.4) is 0 Å². The molecule has 2 N–H and O–H groups in total. The second kappa shape index (κ2) is 7.79. The lowest BCUT2D eigenvalue weighted by Crippen LogP contribution is -2.35. The predicted molar refractivity (Wildman–Crippen MR) is 92.5 cm³/mol. The molecule has 0 aliphatic rings. The van der Waals surface area contributed by atoms with Gasteiger partial charge in [0.1, 0.15) is 0 Å². The van der Waals surface area contributed by atoms with Gasteiger partial charge in [0.05, 0.1) is 0 Å². The Labute approximate surface area is 140 Å². The summed E-state index contributed by atoms with van der Waals surface area (Å²) in [6, 6.07) is 12.9. The highest BCUT2D eigenvalue weighted by atomic mass is 35.5. The molecule has 2 aromatic rings. The van der Waals surface area contributed by atoms with Gasteiger partial charge in [-0.15, -0.1) is 0 Å². The first-order valence-corrected chi connectivity index (χ1v) is 7.81. The maximum Gasteiger partial charge on any atom is 0.313 e. The number of rotatable bonds is 4. The van der Waals surface area contributed by atoms with E-state index in [2.05, 4.69) is 10.6 Å². The highest BCUT2D eigenvalue weighted by Gasteiger charge is 2.16. The van der Waals surface area contributed by atoms with Gasteiger partial charge >= 0.3 is 11.8 Å². The lowest BCUT2D eigenvalue weighted by atomic mass is 10.1. The van der Waals surface area contributed by atoms with Gasteiger partial charge in [0, 0.05) is 17.3 Å².